The molecule has 1 aromatic heterocycles. The fraction of sp³-hybridized carbons (Fsp3) is 0.348. The minimum Gasteiger partial charge on any atom is -0.486 e. The lowest BCUT2D eigenvalue weighted by Crippen LogP contribution is -2.28. The third-order valence-electron chi connectivity index (χ3n) is 4.85. The van der Waals surface area contributed by atoms with Gasteiger partial charge in [-0.05, 0) is 36.1 Å². The second-order valence-electron chi connectivity index (χ2n) is 7.46. The van der Waals surface area contributed by atoms with Gasteiger partial charge in [0.15, 0.2) is 11.0 Å². The van der Waals surface area contributed by atoms with Gasteiger partial charge >= 0.3 is 0 Å². The Labute approximate surface area is 182 Å². The number of carbonyl (C=O) groups excluding carboxylic acids is 1. The van der Waals surface area contributed by atoms with Crippen LogP contribution >= 0.6 is 11.8 Å². The van der Waals surface area contributed by atoms with Crippen molar-refractivity contribution in [2.24, 2.45) is 7.05 Å². The molecule has 1 amide bonds. The lowest BCUT2D eigenvalue weighted by Gasteiger charge is -2.14. The van der Waals surface area contributed by atoms with Crippen LogP contribution in [0, 0.1) is 0 Å². The minimum atomic E-state index is -0.0394. The zero-order chi connectivity index (χ0) is 21.5. The summed E-state index contributed by atoms with van der Waals surface area (Å²) in [6.07, 6.45) is 0. The van der Waals surface area contributed by atoms with Crippen LogP contribution in [-0.4, -0.2) is 26.4 Å². The van der Waals surface area contributed by atoms with Gasteiger partial charge in [-0.3, -0.25) is 4.79 Å². The molecule has 30 heavy (non-hydrogen) atoms. The van der Waals surface area contributed by atoms with Gasteiger partial charge in [-0.1, -0.05) is 68.1 Å². The zero-order valence-electron chi connectivity index (χ0n) is 17.8. The van der Waals surface area contributed by atoms with Gasteiger partial charge < -0.3 is 14.6 Å². The molecule has 0 aliphatic rings. The van der Waals surface area contributed by atoms with Crippen molar-refractivity contribution in [3.63, 3.8) is 0 Å². The molecule has 1 atom stereocenters. The Morgan fingerprint density at radius 1 is 1.03 bits per heavy atom. The van der Waals surface area contributed by atoms with Crippen LogP contribution in [0.15, 0.2) is 59.8 Å². The van der Waals surface area contributed by atoms with Crippen molar-refractivity contribution in [2.45, 2.75) is 44.5 Å². The standard InChI is InChI=1S/C23H28N4O2S/c1-16(2)18-10-12-20(13-11-18)29-14-21-25-26-23(27(21)4)30-15-22(28)24-17(3)19-8-6-5-7-9-19/h5-13,16-17H,14-15H2,1-4H3,(H,24,28)/t17-/m0/s1. The third kappa shape index (κ3) is 5.86. The molecule has 0 bridgehead atoms. The smallest absolute Gasteiger partial charge is 0.230 e. The molecule has 7 heteroatoms. The quantitative estimate of drug-likeness (QED) is 0.513. The maximum Gasteiger partial charge on any atom is 0.230 e. The lowest BCUT2D eigenvalue weighted by atomic mass is 10.0. The first-order valence-corrected chi connectivity index (χ1v) is 11.0. The fourth-order valence-corrected chi connectivity index (χ4v) is 3.67. The number of amides is 1. The van der Waals surface area contributed by atoms with Gasteiger partial charge in [0.25, 0.3) is 0 Å². The predicted molar refractivity (Wildman–Crippen MR) is 120 cm³/mol. The van der Waals surface area contributed by atoms with Gasteiger partial charge in [-0.15, -0.1) is 10.2 Å². The van der Waals surface area contributed by atoms with Gasteiger partial charge in [-0.25, -0.2) is 0 Å². The first-order chi connectivity index (χ1) is 14.4. The number of benzene rings is 2. The monoisotopic (exact) mass is 424 g/mol. The van der Waals surface area contributed by atoms with Gasteiger partial charge in [0.1, 0.15) is 12.4 Å². The Morgan fingerprint density at radius 3 is 2.40 bits per heavy atom. The van der Waals surface area contributed by atoms with Gasteiger partial charge in [0.05, 0.1) is 11.8 Å². The molecule has 3 rings (SSSR count). The maximum absolute atomic E-state index is 12.3. The summed E-state index contributed by atoms with van der Waals surface area (Å²) < 4.78 is 7.70. The molecule has 1 N–H and O–H groups in total. The first kappa shape index (κ1) is 21.9. The number of carbonyl (C=O) groups is 1. The molecule has 0 aliphatic carbocycles. The average molecular weight is 425 g/mol. The zero-order valence-corrected chi connectivity index (χ0v) is 18.6. The number of aromatic nitrogens is 3. The molecular formula is C23H28N4O2S. The van der Waals surface area contributed by atoms with Crippen molar-refractivity contribution in [2.75, 3.05) is 5.75 Å². The molecule has 1 heterocycles. The van der Waals surface area contributed by atoms with Crippen LogP contribution < -0.4 is 10.1 Å². The molecule has 0 fully saturated rings. The third-order valence-corrected chi connectivity index (χ3v) is 5.87. The predicted octanol–water partition coefficient (Wildman–Crippen LogP) is 4.49. The highest BCUT2D eigenvalue weighted by molar-refractivity contribution is 7.99. The van der Waals surface area contributed by atoms with E-state index in [0.29, 0.717) is 23.5 Å². The second kappa shape index (κ2) is 10.3. The topological polar surface area (TPSA) is 69.0 Å². The molecule has 0 saturated heterocycles. The highest BCUT2D eigenvalue weighted by atomic mass is 32.2. The SMILES string of the molecule is CC(C)c1ccc(OCc2nnc(SCC(=O)N[C@@H](C)c3ccccc3)n2C)cc1. The van der Waals surface area contributed by atoms with E-state index in [1.54, 1.807) is 0 Å². The number of ether oxygens (including phenoxy) is 1. The summed E-state index contributed by atoms with van der Waals surface area (Å²) in [6.45, 7) is 6.63. The number of nitrogens with one attached hydrogen (secondary N) is 1. The van der Waals surface area contributed by atoms with Crippen LogP contribution in [0.5, 0.6) is 5.75 Å². The molecule has 3 aromatic rings. The molecule has 6 nitrogen and oxygen atoms in total. The van der Waals surface area contributed by atoms with E-state index >= 15 is 0 Å². The summed E-state index contributed by atoms with van der Waals surface area (Å²) in [5.41, 5.74) is 2.36. The summed E-state index contributed by atoms with van der Waals surface area (Å²) in [7, 11) is 1.88. The molecule has 0 spiro atoms. The number of rotatable bonds is 9. The Morgan fingerprint density at radius 2 is 1.73 bits per heavy atom. The van der Waals surface area contributed by atoms with Crippen molar-refractivity contribution in [3.05, 3.63) is 71.5 Å². The molecule has 0 aliphatic heterocycles. The van der Waals surface area contributed by atoms with Crippen molar-refractivity contribution >= 4 is 17.7 Å². The van der Waals surface area contributed by atoms with Crippen LogP contribution in [0.25, 0.3) is 0 Å². The number of hydrogen-bond acceptors (Lipinski definition) is 5. The van der Waals surface area contributed by atoms with Gasteiger partial charge in [0.2, 0.25) is 5.91 Å². The van der Waals surface area contributed by atoms with E-state index in [0.717, 1.165) is 11.3 Å². The van der Waals surface area contributed by atoms with E-state index in [4.69, 9.17) is 4.74 Å². The van der Waals surface area contributed by atoms with E-state index in [1.807, 2.05) is 61.0 Å². The van der Waals surface area contributed by atoms with Crippen LogP contribution in [0.3, 0.4) is 0 Å². The van der Waals surface area contributed by atoms with Gasteiger partial charge in [-0.2, -0.15) is 0 Å². The van der Waals surface area contributed by atoms with Crippen molar-refractivity contribution in [3.8, 4) is 5.75 Å². The van der Waals surface area contributed by atoms with Crippen LogP contribution in [0.2, 0.25) is 0 Å². The van der Waals surface area contributed by atoms with Crippen LogP contribution in [-0.2, 0) is 18.4 Å². The highest BCUT2D eigenvalue weighted by Gasteiger charge is 2.14. The minimum absolute atomic E-state index is 0.0372. The molecule has 0 radical (unpaired) electrons. The number of hydrogen-bond donors (Lipinski definition) is 1. The van der Waals surface area contributed by atoms with Crippen LogP contribution in [0.1, 0.15) is 49.7 Å². The average Bonchev–Trinajstić information content (AvgIpc) is 3.11. The summed E-state index contributed by atoms with van der Waals surface area (Å²) in [5, 5.41) is 12.1. The first-order valence-electron chi connectivity index (χ1n) is 10.0. The Bertz CT molecular complexity index is 955. The normalized spacial score (nSPS) is 12.0. The summed E-state index contributed by atoms with van der Waals surface area (Å²) in [6, 6.07) is 18.0. The maximum atomic E-state index is 12.3. The second-order valence-corrected chi connectivity index (χ2v) is 8.40. The molecular weight excluding hydrogens is 396 g/mol. The van der Waals surface area contributed by atoms with E-state index in [9.17, 15) is 4.79 Å². The van der Waals surface area contributed by atoms with E-state index < -0.39 is 0 Å². The Kier molecular flexibility index (Phi) is 7.52. The lowest BCUT2D eigenvalue weighted by molar-refractivity contribution is -0.119. The Balaban J connectivity index is 1.49. The summed E-state index contributed by atoms with van der Waals surface area (Å²) in [5.74, 6) is 2.24. The summed E-state index contributed by atoms with van der Waals surface area (Å²) >= 11 is 1.36. The van der Waals surface area contributed by atoms with Crippen molar-refractivity contribution < 1.29 is 9.53 Å². The molecule has 0 saturated carbocycles. The molecule has 2 aromatic carbocycles. The van der Waals surface area contributed by atoms with Crippen molar-refractivity contribution in [1.29, 1.82) is 0 Å². The number of nitrogens with zero attached hydrogens (tertiary/aromatic N) is 3. The largest absolute Gasteiger partial charge is 0.486 e. The van der Waals surface area contributed by atoms with Crippen molar-refractivity contribution in [1.82, 2.24) is 20.1 Å². The number of thioether (sulfide) groups is 1. The van der Waals surface area contributed by atoms with E-state index in [1.165, 1.54) is 17.3 Å². The molecule has 158 valence electrons. The van der Waals surface area contributed by atoms with Gasteiger partial charge in [0, 0.05) is 7.05 Å². The van der Waals surface area contributed by atoms with E-state index in [2.05, 4.69) is 41.5 Å². The van der Waals surface area contributed by atoms with Crippen LogP contribution in [0.4, 0.5) is 0 Å². The highest BCUT2D eigenvalue weighted by Crippen LogP contribution is 2.20. The fourth-order valence-electron chi connectivity index (χ4n) is 2.93. The molecule has 0 unspecified atom stereocenters. The summed E-state index contributed by atoms with van der Waals surface area (Å²) in [4.78, 5) is 12.3. The van der Waals surface area contributed by atoms with E-state index in [-0.39, 0.29) is 17.7 Å². The Hall–Kier alpha value is -2.80.